The van der Waals surface area contributed by atoms with Gasteiger partial charge in [0.25, 0.3) is 0 Å². The highest BCUT2D eigenvalue weighted by Gasteiger charge is 2.32. The predicted octanol–water partition coefficient (Wildman–Crippen LogP) is 2.06. The average molecular weight is 373 g/mol. The molecule has 0 radical (unpaired) electrons. The number of ether oxygens (including phenoxy) is 1. The van der Waals surface area contributed by atoms with Crippen LogP contribution < -0.4 is 4.90 Å². The summed E-state index contributed by atoms with van der Waals surface area (Å²) >= 11 is 0. The van der Waals surface area contributed by atoms with Crippen molar-refractivity contribution in [3.63, 3.8) is 0 Å². The summed E-state index contributed by atoms with van der Waals surface area (Å²) in [5.74, 6) is -0.0654. The van der Waals surface area contributed by atoms with Crippen LogP contribution in [0.1, 0.15) is 31.7 Å². The second-order valence-electron chi connectivity index (χ2n) is 7.44. The largest absolute Gasteiger partial charge is 0.465 e. The predicted molar refractivity (Wildman–Crippen MR) is 106 cm³/mol. The van der Waals surface area contributed by atoms with Gasteiger partial charge in [-0.2, -0.15) is 0 Å². The molecule has 1 unspecified atom stereocenters. The number of esters is 1. The lowest BCUT2D eigenvalue weighted by molar-refractivity contribution is -0.152. The SMILES string of the molecule is CCOC(=O)C1CCCCN1CC(=O)N1CCN(c2cccc(C)c2)CC1. The maximum absolute atomic E-state index is 12.8. The zero-order chi connectivity index (χ0) is 19.2. The van der Waals surface area contributed by atoms with Gasteiger partial charge >= 0.3 is 5.97 Å². The summed E-state index contributed by atoms with van der Waals surface area (Å²) < 4.78 is 5.20. The van der Waals surface area contributed by atoms with Gasteiger partial charge in [-0.3, -0.25) is 14.5 Å². The Bertz CT molecular complexity index is 656. The van der Waals surface area contributed by atoms with E-state index in [9.17, 15) is 9.59 Å². The van der Waals surface area contributed by atoms with Crippen LogP contribution in [0.15, 0.2) is 24.3 Å². The molecule has 1 atom stereocenters. The molecular formula is C21H31N3O3. The molecule has 2 aliphatic heterocycles. The second-order valence-corrected chi connectivity index (χ2v) is 7.44. The third-order valence-corrected chi connectivity index (χ3v) is 5.51. The zero-order valence-electron chi connectivity index (χ0n) is 16.5. The fourth-order valence-corrected chi connectivity index (χ4v) is 4.00. The van der Waals surface area contributed by atoms with Crippen LogP contribution in [0.3, 0.4) is 0 Å². The van der Waals surface area contributed by atoms with Crippen LogP contribution in [-0.2, 0) is 14.3 Å². The van der Waals surface area contributed by atoms with E-state index in [-0.39, 0.29) is 17.9 Å². The van der Waals surface area contributed by atoms with E-state index in [4.69, 9.17) is 4.74 Å². The smallest absolute Gasteiger partial charge is 0.323 e. The number of carbonyl (C=O) groups is 2. The number of rotatable bonds is 5. The van der Waals surface area contributed by atoms with Crippen LogP contribution in [0.5, 0.6) is 0 Å². The normalized spacial score (nSPS) is 21.2. The van der Waals surface area contributed by atoms with Gasteiger partial charge in [0.05, 0.1) is 13.2 Å². The Kier molecular flexibility index (Phi) is 6.72. The van der Waals surface area contributed by atoms with E-state index in [1.807, 2.05) is 16.7 Å². The summed E-state index contributed by atoms with van der Waals surface area (Å²) in [5.41, 5.74) is 2.47. The number of hydrogen-bond donors (Lipinski definition) is 0. The maximum Gasteiger partial charge on any atom is 0.323 e. The van der Waals surface area contributed by atoms with Crippen LogP contribution in [0.4, 0.5) is 5.69 Å². The molecule has 0 saturated carbocycles. The van der Waals surface area contributed by atoms with Crippen molar-refractivity contribution >= 4 is 17.6 Å². The Balaban J connectivity index is 1.53. The van der Waals surface area contributed by atoms with Crippen molar-refractivity contribution < 1.29 is 14.3 Å². The number of carbonyl (C=O) groups excluding carboxylic acids is 2. The number of likely N-dealkylation sites (tertiary alicyclic amines) is 1. The Morgan fingerprint density at radius 3 is 2.59 bits per heavy atom. The maximum atomic E-state index is 12.8. The first-order valence-corrected chi connectivity index (χ1v) is 10.1. The molecule has 2 aliphatic rings. The quantitative estimate of drug-likeness (QED) is 0.740. The van der Waals surface area contributed by atoms with Gasteiger partial charge in [0, 0.05) is 31.9 Å². The lowest BCUT2D eigenvalue weighted by atomic mass is 10.0. The van der Waals surface area contributed by atoms with E-state index in [1.54, 1.807) is 0 Å². The van der Waals surface area contributed by atoms with Crippen molar-refractivity contribution in [1.82, 2.24) is 9.80 Å². The van der Waals surface area contributed by atoms with Crippen molar-refractivity contribution in [3.8, 4) is 0 Å². The minimum absolute atomic E-state index is 0.120. The number of hydrogen-bond acceptors (Lipinski definition) is 5. The average Bonchev–Trinajstić information content (AvgIpc) is 2.68. The number of benzene rings is 1. The van der Waals surface area contributed by atoms with Crippen LogP contribution in [0, 0.1) is 6.92 Å². The highest BCUT2D eigenvalue weighted by molar-refractivity contribution is 5.81. The first-order valence-electron chi connectivity index (χ1n) is 10.1. The van der Waals surface area contributed by atoms with E-state index in [0.29, 0.717) is 13.2 Å². The molecule has 2 fully saturated rings. The third-order valence-electron chi connectivity index (χ3n) is 5.51. The summed E-state index contributed by atoms with van der Waals surface area (Å²) in [6, 6.07) is 8.23. The number of piperazine rings is 1. The van der Waals surface area contributed by atoms with Crippen molar-refractivity contribution in [2.24, 2.45) is 0 Å². The minimum atomic E-state index is -0.267. The Hall–Kier alpha value is -2.08. The monoisotopic (exact) mass is 373 g/mol. The van der Waals surface area contributed by atoms with E-state index >= 15 is 0 Å². The molecule has 0 aromatic heterocycles. The Morgan fingerprint density at radius 1 is 1.11 bits per heavy atom. The molecule has 2 saturated heterocycles. The highest BCUT2D eigenvalue weighted by Crippen LogP contribution is 2.20. The molecule has 0 bridgehead atoms. The number of piperidine rings is 1. The molecule has 1 aromatic carbocycles. The fourth-order valence-electron chi connectivity index (χ4n) is 4.00. The molecule has 3 rings (SSSR count). The molecule has 148 valence electrons. The molecule has 0 N–H and O–H groups in total. The lowest BCUT2D eigenvalue weighted by Crippen LogP contribution is -2.54. The summed E-state index contributed by atoms with van der Waals surface area (Å²) in [5, 5.41) is 0. The topological polar surface area (TPSA) is 53.1 Å². The van der Waals surface area contributed by atoms with Gasteiger partial charge in [-0.05, 0) is 50.9 Å². The second kappa shape index (κ2) is 9.22. The molecule has 6 heteroatoms. The zero-order valence-corrected chi connectivity index (χ0v) is 16.5. The van der Waals surface area contributed by atoms with E-state index in [2.05, 4.69) is 36.1 Å². The number of amides is 1. The number of anilines is 1. The lowest BCUT2D eigenvalue weighted by Gasteiger charge is -2.38. The van der Waals surface area contributed by atoms with E-state index < -0.39 is 0 Å². The molecule has 27 heavy (non-hydrogen) atoms. The van der Waals surface area contributed by atoms with Gasteiger partial charge in [-0.15, -0.1) is 0 Å². The minimum Gasteiger partial charge on any atom is -0.465 e. The van der Waals surface area contributed by atoms with Crippen LogP contribution in [-0.4, -0.2) is 73.6 Å². The van der Waals surface area contributed by atoms with Crippen LogP contribution in [0.2, 0.25) is 0 Å². The van der Waals surface area contributed by atoms with E-state index in [0.717, 1.165) is 52.0 Å². The first-order chi connectivity index (χ1) is 13.1. The molecule has 1 amide bonds. The molecule has 6 nitrogen and oxygen atoms in total. The summed E-state index contributed by atoms with van der Waals surface area (Å²) in [4.78, 5) is 31.3. The van der Waals surface area contributed by atoms with Gasteiger partial charge in [0.2, 0.25) is 5.91 Å². The van der Waals surface area contributed by atoms with Gasteiger partial charge < -0.3 is 14.5 Å². The number of aryl methyl sites for hydroxylation is 1. The fraction of sp³-hybridized carbons (Fsp3) is 0.619. The van der Waals surface area contributed by atoms with Crippen molar-refractivity contribution in [3.05, 3.63) is 29.8 Å². The molecule has 2 heterocycles. The summed E-state index contributed by atoms with van der Waals surface area (Å²) in [6.45, 7) is 8.55. The van der Waals surface area contributed by atoms with Gasteiger partial charge in [-0.25, -0.2) is 0 Å². The molecule has 1 aromatic rings. The van der Waals surface area contributed by atoms with Crippen LogP contribution in [0.25, 0.3) is 0 Å². The van der Waals surface area contributed by atoms with Gasteiger partial charge in [0.1, 0.15) is 6.04 Å². The van der Waals surface area contributed by atoms with E-state index in [1.165, 1.54) is 11.3 Å². The first kappa shape index (κ1) is 19.7. The van der Waals surface area contributed by atoms with Crippen molar-refractivity contribution in [1.29, 1.82) is 0 Å². The summed E-state index contributed by atoms with van der Waals surface area (Å²) in [6.07, 6.45) is 2.83. The van der Waals surface area contributed by atoms with Gasteiger partial charge in [-0.1, -0.05) is 18.6 Å². The number of nitrogens with zero attached hydrogens (tertiary/aromatic N) is 3. The van der Waals surface area contributed by atoms with Crippen molar-refractivity contribution in [2.75, 3.05) is 50.8 Å². The Morgan fingerprint density at radius 2 is 1.89 bits per heavy atom. The van der Waals surface area contributed by atoms with Gasteiger partial charge in [0.15, 0.2) is 0 Å². The Labute approximate surface area is 162 Å². The van der Waals surface area contributed by atoms with Crippen LogP contribution >= 0.6 is 0 Å². The molecule has 0 aliphatic carbocycles. The van der Waals surface area contributed by atoms with Crippen molar-refractivity contribution in [2.45, 2.75) is 39.2 Å². The highest BCUT2D eigenvalue weighted by atomic mass is 16.5. The third kappa shape index (κ3) is 5.01. The standard InChI is InChI=1S/C21H31N3O3/c1-3-27-21(26)19-9-4-5-10-24(19)16-20(25)23-13-11-22(12-14-23)18-8-6-7-17(2)15-18/h6-8,15,19H,3-5,9-14,16H2,1-2H3. The molecule has 0 spiro atoms. The molecular weight excluding hydrogens is 342 g/mol. The summed E-state index contributed by atoms with van der Waals surface area (Å²) in [7, 11) is 0.